The van der Waals surface area contributed by atoms with Crippen molar-refractivity contribution >= 4 is 11.7 Å². The van der Waals surface area contributed by atoms with Crippen LogP contribution in [0.3, 0.4) is 0 Å². The van der Waals surface area contributed by atoms with Crippen LogP contribution in [0.2, 0.25) is 0 Å². The summed E-state index contributed by atoms with van der Waals surface area (Å²) >= 11 is 0. The second kappa shape index (κ2) is 7.59. The van der Waals surface area contributed by atoms with Crippen molar-refractivity contribution in [2.24, 2.45) is 5.73 Å². The van der Waals surface area contributed by atoms with Gasteiger partial charge in [-0.1, -0.05) is 12.1 Å². The molecule has 126 valence electrons. The molecule has 1 saturated heterocycles. The van der Waals surface area contributed by atoms with Crippen molar-refractivity contribution in [3.05, 3.63) is 29.8 Å². The molecule has 0 bridgehead atoms. The van der Waals surface area contributed by atoms with Gasteiger partial charge in [-0.25, -0.2) is 0 Å². The molecule has 1 amide bonds. The van der Waals surface area contributed by atoms with Gasteiger partial charge >= 0.3 is 0 Å². The van der Waals surface area contributed by atoms with Crippen molar-refractivity contribution in [1.82, 2.24) is 4.90 Å². The van der Waals surface area contributed by atoms with Gasteiger partial charge in [0, 0.05) is 24.2 Å². The van der Waals surface area contributed by atoms with Crippen molar-refractivity contribution in [2.45, 2.75) is 58.2 Å². The summed E-state index contributed by atoms with van der Waals surface area (Å²) in [6.45, 7) is 5.93. The molecule has 0 radical (unpaired) electrons. The summed E-state index contributed by atoms with van der Waals surface area (Å²) in [7, 11) is 0. The number of piperidine rings is 1. The first kappa shape index (κ1) is 17.5. The Labute approximate surface area is 137 Å². The van der Waals surface area contributed by atoms with Crippen molar-refractivity contribution in [3.63, 3.8) is 0 Å². The second-order valence-electron chi connectivity index (χ2n) is 6.30. The maximum atomic E-state index is 12.7. The van der Waals surface area contributed by atoms with Crippen LogP contribution in [-0.4, -0.2) is 41.3 Å². The number of hydrogen-bond acceptors (Lipinski definition) is 4. The van der Waals surface area contributed by atoms with Crippen LogP contribution in [0.5, 0.6) is 5.75 Å². The van der Waals surface area contributed by atoms with Crippen molar-refractivity contribution in [3.8, 4) is 5.75 Å². The Morgan fingerprint density at radius 3 is 2.70 bits per heavy atom. The topological polar surface area (TPSA) is 72.6 Å². The number of Topliss-reactive ketones (excluding diaryl/α,β-unsaturated/α-hetero) is 1. The number of amides is 1. The first-order valence-electron chi connectivity index (χ1n) is 8.24. The Hall–Kier alpha value is -1.88. The second-order valence-corrected chi connectivity index (χ2v) is 6.30. The zero-order valence-electron chi connectivity index (χ0n) is 14.1. The Bertz CT molecular complexity index is 571. The third-order valence-corrected chi connectivity index (χ3v) is 4.34. The molecule has 1 aliphatic rings. The SMILES string of the molecule is CC(=O)c1cccc(OC(C)C(=O)N2CCCCC2C(C)N)c1. The van der Waals surface area contributed by atoms with E-state index in [1.165, 1.54) is 6.92 Å². The van der Waals surface area contributed by atoms with Gasteiger partial charge in [0.05, 0.1) is 0 Å². The van der Waals surface area contributed by atoms with Crippen LogP contribution in [-0.2, 0) is 4.79 Å². The lowest BCUT2D eigenvalue weighted by Gasteiger charge is -2.39. The lowest BCUT2D eigenvalue weighted by molar-refractivity contribution is -0.142. The van der Waals surface area contributed by atoms with E-state index in [1.54, 1.807) is 31.2 Å². The molecule has 3 unspecified atom stereocenters. The van der Waals surface area contributed by atoms with E-state index >= 15 is 0 Å². The van der Waals surface area contributed by atoms with E-state index < -0.39 is 6.10 Å². The number of rotatable bonds is 5. The number of ketones is 1. The molecule has 5 heteroatoms. The predicted octanol–water partition coefficient (Wildman–Crippen LogP) is 2.38. The monoisotopic (exact) mass is 318 g/mol. The molecular weight excluding hydrogens is 292 g/mol. The van der Waals surface area contributed by atoms with Crippen LogP contribution in [0.1, 0.15) is 50.4 Å². The largest absolute Gasteiger partial charge is 0.481 e. The summed E-state index contributed by atoms with van der Waals surface area (Å²) in [6, 6.07) is 6.95. The molecule has 1 fully saturated rings. The van der Waals surface area contributed by atoms with Gasteiger partial charge in [-0.05, 0) is 52.2 Å². The Morgan fingerprint density at radius 1 is 1.30 bits per heavy atom. The molecule has 0 aliphatic carbocycles. The average Bonchev–Trinajstić information content (AvgIpc) is 2.54. The number of carbonyl (C=O) groups is 2. The summed E-state index contributed by atoms with van der Waals surface area (Å²) in [4.78, 5) is 26.0. The standard InChI is InChI=1S/C18H26N2O3/c1-12(19)17-9-4-5-10-20(17)18(22)14(3)23-16-8-6-7-15(11-16)13(2)21/h6-8,11-12,14,17H,4-5,9-10,19H2,1-3H3. The Morgan fingerprint density at radius 2 is 2.04 bits per heavy atom. The van der Waals surface area contributed by atoms with Gasteiger partial charge in [-0.2, -0.15) is 0 Å². The van der Waals surface area contributed by atoms with Crippen LogP contribution in [0.4, 0.5) is 0 Å². The number of ether oxygens (including phenoxy) is 1. The molecule has 2 rings (SSSR count). The van der Waals surface area contributed by atoms with E-state index in [2.05, 4.69) is 0 Å². The fraction of sp³-hybridized carbons (Fsp3) is 0.556. The maximum Gasteiger partial charge on any atom is 0.263 e. The quantitative estimate of drug-likeness (QED) is 0.846. The van der Waals surface area contributed by atoms with E-state index in [1.807, 2.05) is 11.8 Å². The molecular formula is C18H26N2O3. The molecule has 3 atom stereocenters. The minimum absolute atomic E-state index is 0.0255. The van der Waals surface area contributed by atoms with Crippen LogP contribution in [0.25, 0.3) is 0 Å². The fourth-order valence-electron chi connectivity index (χ4n) is 3.05. The van der Waals surface area contributed by atoms with Crippen LogP contribution >= 0.6 is 0 Å². The van der Waals surface area contributed by atoms with Crippen LogP contribution in [0, 0.1) is 0 Å². The number of benzene rings is 1. The van der Waals surface area contributed by atoms with E-state index in [9.17, 15) is 9.59 Å². The lowest BCUT2D eigenvalue weighted by atomic mass is 9.96. The Kier molecular flexibility index (Phi) is 5.77. The normalized spacial score (nSPS) is 20.7. The minimum atomic E-state index is -0.600. The highest BCUT2D eigenvalue weighted by Gasteiger charge is 2.32. The minimum Gasteiger partial charge on any atom is -0.481 e. The summed E-state index contributed by atoms with van der Waals surface area (Å²) in [6.07, 6.45) is 2.44. The van der Waals surface area contributed by atoms with Gasteiger partial charge in [0.15, 0.2) is 11.9 Å². The molecule has 1 heterocycles. The number of likely N-dealkylation sites (tertiary alicyclic amines) is 1. The highest BCUT2D eigenvalue weighted by Crippen LogP contribution is 2.22. The molecule has 0 saturated carbocycles. The Balaban J connectivity index is 2.07. The summed E-state index contributed by atoms with van der Waals surface area (Å²) in [5.41, 5.74) is 6.61. The van der Waals surface area contributed by atoms with E-state index in [-0.39, 0.29) is 23.8 Å². The maximum absolute atomic E-state index is 12.7. The number of nitrogens with two attached hydrogens (primary N) is 1. The molecule has 0 spiro atoms. The zero-order valence-corrected chi connectivity index (χ0v) is 14.1. The molecule has 1 aromatic rings. The lowest BCUT2D eigenvalue weighted by Crippen LogP contribution is -2.54. The fourth-order valence-corrected chi connectivity index (χ4v) is 3.05. The average molecular weight is 318 g/mol. The van der Waals surface area contributed by atoms with Gasteiger partial charge in [0.1, 0.15) is 5.75 Å². The molecule has 23 heavy (non-hydrogen) atoms. The first-order valence-corrected chi connectivity index (χ1v) is 8.24. The van der Waals surface area contributed by atoms with E-state index in [4.69, 9.17) is 10.5 Å². The molecule has 1 aliphatic heterocycles. The smallest absolute Gasteiger partial charge is 0.263 e. The van der Waals surface area contributed by atoms with Gasteiger partial charge in [-0.3, -0.25) is 9.59 Å². The summed E-state index contributed by atoms with van der Waals surface area (Å²) in [5.74, 6) is 0.468. The van der Waals surface area contributed by atoms with E-state index in [0.717, 1.165) is 25.8 Å². The number of nitrogens with zero attached hydrogens (tertiary/aromatic N) is 1. The van der Waals surface area contributed by atoms with Crippen molar-refractivity contribution in [2.75, 3.05) is 6.54 Å². The van der Waals surface area contributed by atoms with Gasteiger partial charge < -0.3 is 15.4 Å². The molecule has 2 N–H and O–H groups in total. The number of carbonyl (C=O) groups excluding carboxylic acids is 2. The summed E-state index contributed by atoms with van der Waals surface area (Å²) in [5, 5.41) is 0. The van der Waals surface area contributed by atoms with Crippen LogP contribution in [0.15, 0.2) is 24.3 Å². The third-order valence-electron chi connectivity index (χ3n) is 4.34. The van der Waals surface area contributed by atoms with Gasteiger partial charge in [-0.15, -0.1) is 0 Å². The van der Waals surface area contributed by atoms with Crippen molar-refractivity contribution in [1.29, 1.82) is 0 Å². The van der Waals surface area contributed by atoms with Crippen LogP contribution < -0.4 is 10.5 Å². The molecule has 0 aromatic heterocycles. The highest BCUT2D eigenvalue weighted by atomic mass is 16.5. The van der Waals surface area contributed by atoms with E-state index in [0.29, 0.717) is 11.3 Å². The third kappa shape index (κ3) is 4.32. The van der Waals surface area contributed by atoms with Crippen molar-refractivity contribution < 1.29 is 14.3 Å². The van der Waals surface area contributed by atoms with Gasteiger partial charge in [0.2, 0.25) is 0 Å². The summed E-state index contributed by atoms with van der Waals surface area (Å²) < 4.78 is 5.76. The molecule has 5 nitrogen and oxygen atoms in total. The first-order chi connectivity index (χ1) is 10.9. The molecule has 1 aromatic carbocycles. The highest BCUT2D eigenvalue weighted by molar-refractivity contribution is 5.94. The zero-order chi connectivity index (χ0) is 17.0. The number of hydrogen-bond donors (Lipinski definition) is 1. The van der Waals surface area contributed by atoms with Gasteiger partial charge in [0.25, 0.3) is 5.91 Å². The predicted molar refractivity (Wildman–Crippen MR) is 89.5 cm³/mol.